The van der Waals surface area contributed by atoms with Crippen LogP contribution >= 0.6 is 0 Å². The van der Waals surface area contributed by atoms with Crippen LogP contribution in [-0.2, 0) is 4.79 Å². The Morgan fingerprint density at radius 1 is 1.37 bits per heavy atom. The van der Waals surface area contributed by atoms with Crippen molar-refractivity contribution in [1.82, 2.24) is 30.2 Å². The largest absolute Gasteiger partial charge is 0.347 e. The van der Waals surface area contributed by atoms with Gasteiger partial charge in [-0.3, -0.25) is 4.79 Å². The number of carbonyl (C=O) groups excluding carboxylic acids is 1. The zero-order valence-corrected chi connectivity index (χ0v) is 11.3. The molecule has 0 bridgehead atoms. The summed E-state index contributed by atoms with van der Waals surface area (Å²) in [6.07, 6.45) is 0.927. The van der Waals surface area contributed by atoms with Gasteiger partial charge in [-0.1, -0.05) is 6.92 Å². The smallest absolute Gasteiger partial charge is 0.241 e. The molecule has 0 spiro atoms. The zero-order chi connectivity index (χ0) is 13.8. The number of anilines is 1. The molecular formula is C11H17N7O. The Hall–Kier alpha value is -2.25. The van der Waals surface area contributed by atoms with E-state index < -0.39 is 0 Å². The highest BCUT2D eigenvalue weighted by Gasteiger charge is 2.14. The van der Waals surface area contributed by atoms with Crippen molar-refractivity contribution in [2.75, 3.05) is 32.1 Å². The van der Waals surface area contributed by atoms with Crippen LogP contribution < -0.4 is 4.90 Å². The fourth-order valence-corrected chi connectivity index (χ4v) is 1.66. The highest BCUT2D eigenvalue weighted by molar-refractivity contribution is 5.80. The summed E-state index contributed by atoms with van der Waals surface area (Å²) < 4.78 is 1.36. The van der Waals surface area contributed by atoms with Gasteiger partial charge in [0.05, 0.1) is 6.54 Å². The van der Waals surface area contributed by atoms with E-state index in [0.29, 0.717) is 18.0 Å². The molecule has 0 atom stereocenters. The molecular weight excluding hydrogens is 246 g/mol. The number of likely N-dealkylation sites (N-methyl/N-ethyl adjacent to an activating group) is 1. The van der Waals surface area contributed by atoms with E-state index in [-0.39, 0.29) is 5.91 Å². The number of hydrogen-bond acceptors (Lipinski definition) is 6. The second-order valence-electron chi connectivity index (χ2n) is 4.43. The molecule has 2 aromatic heterocycles. The third kappa shape index (κ3) is 2.95. The topological polar surface area (TPSA) is 79.5 Å². The van der Waals surface area contributed by atoms with Crippen LogP contribution in [0.1, 0.15) is 13.3 Å². The summed E-state index contributed by atoms with van der Waals surface area (Å²) in [4.78, 5) is 15.3. The molecule has 0 saturated heterocycles. The first kappa shape index (κ1) is 13.2. The predicted molar refractivity (Wildman–Crippen MR) is 69.8 cm³/mol. The van der Waals surface area contributed by atoms with Crippen LogP contribution in [-0.4, -0.2) is 63.2 Å². The second-order valence-corrected chi connectivity index (χ2v) is 4.43. The molecule has 0 fully saturated rings. The molecule has 0 radical (unpaired) electrons. The van der Waals surface area contributed by atoms with Crippen molar-refractivity contribution in [1.29, 1.82) is 0 Å². The highest BCUT2D eigenvalue weighted by atomic mass is 16.2. The molecule has 0 saturated carbocycles. The van der Waals surface area contributed by atoms with E-state index in [1.165, 1.54) is 4.63 Å². The van der Waals surface area contributed by atoms with E-state index in [1.807, 2.05) is 11.0 Å². The van der Waals surface area contributed by atoms with Crippen LogP contribution in [0, 0.1) is 0 Å². The van der Waals surface area contributed by atoms with Crippen molar-refractivity contribution in [3.63, 3.8) is 0 Å². The molecule has 0 aliphatic heterocycles. The summed E-state index contributed by atoms with van der Waals surface area (Å²) in [5.41, 5.74) is 0.583. The van der Waals surface area contributed by atoms with E-state index in [9.17, 15) is 4.79 Å². The van der Waals surface area contributed by atoms with Crippen molar-refractivity contribution >= 4 is 17.4 Å². The van der Waals surface area contributed by atoms with Gasteiger partial charge in [0.25, 0.3) is 0 Å². The van der Waals surface area contributed by atoms with Crippen molar-refractivity contribution in [2.45, 2.75) is 13.3 Å². The standard InChI is InChI=1S/C11H17N7O/c1-4-7-17(8-11(19)16(2)3)10-6-5-9-12-14-15-18(9)13-10/h5-6H,4,7-8H2,1-3H3. The summed E-state index contributed by atoms with van der Waals surface area (Å²) in [6.45, 7) is 3.10. The molecule has 2 aromatic rings. The fourth-order valence-electron chi connectivity index (χ4n) is 1.66. The first-order valence-electron chi connectivity index (χ1n) is 6.12. The monoisotopic (exact) mass is 263 g/mol. The average molecular weight is 263 g/mol. The third-order valence-electron chi connectivity index (χ3n) is 2.70. The number of fused-ring (bicyclic) bond motifs is 1. The molecule has 2 rings (SSSR count). The minimum absolute atomic E-state index is 0.0343. The summed E-state index contributed by atoms with van der Waals surface area (Å²) in [6, 6.07) is 3.61. The van der Waals surface area contributed by atoms with Gasteiger partial charge in [0, 0.05) is 20.6 Å². The molecule has 0 aromatic carbocycles. The van der Waals surface area contributed by atoms with Crippen molar-refractivity contribution in [2.24, 2.45) is 0 Å². The number of nitrogens with zero attached hydrogens (tertiary/aromatic N) is 7. The van der Waals surface area contributed by atoms with E-state index in [1.54, 1.807) is 25.1 Å². The molecule has 0 unspecified atom stereocenters. The van der Waals surface area contributed by atoms with E-state index >= 15 is 0 Å². The zero-order valence-electron chi connectivity index (χ0n) is 11.3. The van der Waals surface area contributed by atoms with Gasteiger partial charge in [0.15, 0.2) is 11.5 Å². The lowest BCUT2D eigenvalue weighted by Crippen LogP contribution is -2.37. The maximum absolute atomic E-state index is 11.8. The van der Waals surface area contributed by atoms with Gasteiger partial charge in [-0.05, 0) is 29.0 Å². The highest BCUT2D eigenvalue weighted by Crippen LogP contribution is 2.11. The lowest BCUT2D eigenvalue weighted by Gasteiger charge is -2.23. The number of rotatable bonds is 5. The predicted octanol–water partition coefficient (Wildman–Crippen LogP) is -0.176. The lowest BCUT2D eigenvalue weighted by atomic mass is 10.3. The fraction of sp³-hybridized carbons (Fsp3) is 0.545. The SMILES string of the molecule is CCCN(CC(=O)N(C)C)c1ccc2nnnn2n1. The van der Waals surface area contributed by atoms with Gasteiger partial charge in [-0.2, -0.15) is 0 Å². The van der Waals surface area contributed by atoms with E-state index in [2.05, 4.69) is 27.5 Å². The van der Waals surface area contributed by atoms with E-state index in [0.717, 1.165) is 13.0 Å². The number of carbonyl (C=O) groups is 1. The van der Waals surface area contributed by atoms with Crippen LogP contribution in [0.4, 0.5) is 5.82 Å². The first-order chi connectivity index (χ1) is 9.11. The lowest BCUT2D eigenvalue weighted by molar-refractivity contribution is -0.127. The van der Waals surface area contributed by atoms with Crippen LogP contribution in [0.3, 0.4) is 0 Å². The van der Waals surface area contributed by atoms with Crippen LogP contribution in [0.15, 0.2) is 12.1 Å². The molecule has 102 valence electrons. The molecule has 2 heterocycles. The Morgan fingerprint density at radius 2 is 2.16 bits per heavy atom. The molecule has 1 amide bonds. The van der Waals surface area contributed by atoms with Gasteiger partial charge in [0.1, 0.15) is 0 Å². The van der Waals surface area contributed by atoms with Crippen LogP contribution in [0.25, 0.3) is 5.65 Å². The summed E-state index contributed by atoms with van der Waals surface area (Å²) >= 11 is 0. The minimum Gasteiger partial charge on any atom is -0.347 e. The number of aromatic nitrogens is 5. The Bertz CT molecular complexity index is 565. The van der Waals surface area contributed by atoms with Crippen molar-refractivity contribution in [3.8, 4) is 0 Å². The first-order valence-corrected chi connectivity index (χ1v) is 6.12. The number of amides is 1. The molecule has 0 aliphatic rings. The molecule has 0 aliphatic carbocycles. The van der Waals surface area contributed by atoms with Gasteiger partial charge in [-0.25, -0.2) is 0 Å². The third-order valence-corrected chi connectivity index (χ3v) is 2.70. The maximum atomic E-state index is 11.8. The summed E-state index contributed by atoms with van der Waals surface area (Å²) in [5, 5.41) is 15.4. The number of hydrogen-bond donors (Lipinski definition) is 0. The second kappa shape index (κ2) is 5.59. The van der Waals surface area contributed by atoms with E-state index in [4.69, 9.17) is 0 Å². The minimum atomic E-state index is 0.0343. The van der Waals surface area contributed by atoms with Crippen molar-refractivity contribution in [3.05, 3.63) is 12.1 Å². The van der Waals surface area contributed by atoms with Crippen LogP contribution in [0.5, 0.6) is 0 Å². The normalized spacial score (nSPS) is 10.7. The Labute approximate surface area is 111 Å². The van der Waals surface area contributed by atoms with Gasteiger partial charge in [0.2, 0.25) is 5.91 Å². The van der Waals surface area contributed by atoms with Crippen molar-refractivity contribution < 1.29 is 4.79 Å². The Balaban J connectivity index is 2.24. The van der Waals surface area contributed by atoms with Gasteiger partial charge >= 0.3 is 0 Å². The summed E-state index contributed by atoms with van der Waals surface area (Å²) in [7, 11) is 3.48. The quantitative estimate of drug-likeness (QED) is 0.744. The Kier molecular flexibility index (Phi) is 3.88. The molecule has 19 heavy (non-hydrogen) atoms. The Morgan fingerprint density at radius 3 is 2.84 bits per heavy atom. The molecule has 8 nitrogen and oxygen atoms in total. The average Bonchev–Trinajstić information content (AvgIpc) is 2.85. The maximum Gasteiger partial charge on any atom is 0.241 e. The number of tetrazole rings is 1. The molecule has 8 heteroatoms. The summed E-state index contributed by atoms with van der Waals surface area (Å²) in [5.74, 6) is 0.726. The van der Waals surface area contributed by atoms with Gasteiger partial charge in [-0.15, -0.1) is 14.8 Å². The molecule has 0 N–H and O–H groups in total. The van der Waals surface area contributed by atoms with Gasteiger partial charge < -0.3 is 9.80 Å². The van der Waals surface area contributed by atoms with Crippen LogP contribution in [0.2, 0.25) is 0 Å².